The zero-order valence-electron chi connectivity index (χ0n) is 11.2. The summed E-state index contributed by atoms with van der Waals surface area (Å²) < 4.78 is 25.7. The lowest BCUT2D eigenvalue weighted by Gasteiger charge is -2.22. The summed E-state index contributed by atoms with van der Waals surface area (Å²) in [6.07, 6.45) is 0. The molecule has 2 nitrogen and oxygen atoms in total. The van der Waals surface area contributed by atoms with Crippen molar-refractivity contribution in [2.75, 3.05) is 11.1 Å². The lowest BCUT2D eigenvalue weighted by Crippen LogP contribution is -2.15. The molecule has 3 rings (SSSR count). The van der Waals surface area contributed by atoms with E-state index in [9.17, 15) is 8.42 Å². The lowest BCUT2D eigenvalue weighted by atomic mass is 9.84. The minimum absolute atomic E-state index is 0.000116. The van der Waals surface area contributed by atoms with Gasteiger partial charge in [0.25, 0.3) is 0 Å². The molecule has 2 aromatic carbocycles. The zero-order valence-corrected chi connectivity index (χ0v) is 15.2. The second kappa shape index (κ2) is 5.86. The normalized spacial score (nSPS) is 21.0. The summed E-state index contributed by atoms with van der Waals surface area (Å²) in [5.41, 5.74) is 2.10. The van der Waals surface area contributed by atoms with Crippen LogP contribution in [0.3, 0.4) is 0 Å². The van der Waals surface area contributed by atoms with Crippen LogP contribution in [-0.2, 0) is 9.84 Å². The van der Waals surface area contributed by atoms with E-state index in [0.717, 1.165) is 20.9 Å². The first kappa shape index (κ1) is 15.3. The maximum Gasteiger partial charge on any atom is 0.179 e. The molecule has 0 aliphatic carbocycles. The molecule has 0 fully saturated rings. The van der Waals surface area contributed by atoms with Crippen molar-refractivity contribution in [1.29, 1.82) is 0 Å². The molecule has 21 heavy (non-hydrogen) atoms. The fourth-order valence-corrected chi connectivity index (χ4v) is 6.16. The van der Waals surface area contributed by atoms with Gasteiger partial charge in [-0.05, 0) is 29.3 Å². The van der Waals surface area contributed by atoms with Gasteiger partial charge in [-0.25, -0.2) is 8.42 Å². The van der Waals surface area contributed by atoms with Crippen LogP contribution in [-0.4, -0.2) is 19.5 Å². The molecular formula is C16H14Br2O2S. The van der Waals surface area contributed by atoms with E-state index in [-0.39, 0.29) is 17.6 Å². The summed E-state index contributed by atoms with van der Waals surface area (Å²) in [5.74, 6) is 0.329. The largest absolute Gasteiger partial charge is 0.224 e. The number of fused-ring (bicyclic) bond motifs is 1. The minimum atomic E-state index is -3.16. The van der Waals surface area contributed by atoms with E-state index in [4.69, 9.17) is 0 Å². The highest BCUT2D eigenvalue weighted by Gasteiger charge is 2.38. The Labute approximate surface area is 141 Å². The minimum Gasteiger partial charge on any atom is -0.224 e. The van der Waals surface area contributed by atoms with Crippen molar-refractivity contribution in [3.05, 3.63) is 64.1 Å². The molecule has 0 amide bonds. The van der Waals surface area contributed by atoms with E-state index in [0.29, 0.717) is 4.90 Å². The molecule has 1 aliphatic rings. The summed E-state index contributed by atoms with van der Waals surface area (Å²) in [5, 5.41) is 0.734. The van der Waals surface area contributed by atoms with Crippen molar-refractivity contribution < 1.29 is 8.42 Å². The van der Waals surface area contributed by atoms with Crippen LogP contribution >= 0.6 is 31.9 Å². The molecular weight excluding hydrogens is 416 g/mol. The third-order valence-corrected chi connectivity index (χ3v) is 7.01. The van der Waals surface area contributed by atoms with E-state index < -0.39 is 9.84 Å². The molecule has 2 atom stereocenters. The molecule has 0 saturated carbocycles. The Balaban J connectivity index is 2.08. The molecule has 1 aliphatic heterocycles. The first-order valence-corrected chi connectivity index (χ1v) is 10.2. The van der Waals surface area contributed by atoms with E-state index in [1.807, 2.05) is 24.3 Å². The Morgan fingerprint density at radius 1 is 1.14 bits per heavy atom. The number of halogens is 2. The van der Waals surface area contributed by atoms with Gasteiger partial charge in [0.15, 0.2) is 9.84 Å². The van der Waals surface area contributed by atoms with Crippen molar-refractivity contribution in [3.63, 3.8) is 0 Å². The highest BCUT2D eigenvalue weighted by atomic mass is 79.9. The highest BCUT2D eigenvalue weighted by Crippen LogP contribution is 2.44. The Kier molecular flexibility index (Phi) is 4.26. The van der Waals surface area contributed by atoms with Gasteiger partial charge in [0, 0.05) is 21.6 Å². The first-order chi connectivity index (χ1) is 10.0. The smallest absolute Gasteiger partial charge is 0.179 e. The fraction of sp³-hybridized carbons (Fsp3) is 0.250. The first-order valence-electron chi connectivity index (χ1n) is 6.66. The standard InChI is InChI=1S/C16H14Br2O2S/c17-9-14(11-4-3-5-12(18)8-11)15-10-21(19,20)16-7-2-1-6-13(15)16/h1-8,14-15H,9-10H2. The molecule has 1 heterocycles. The molecule has 5 heteroatoms. The van der Waals surface area contributed by atoms with Crippen molar-refractivity contribution in [1.82, 2.24) is 0 Å². The molecule has 110 valence electrons. The number of rotatable bonds is 3. The van der Waals surface area contributed by atoms with Crippen LogP contribution < -0.4 is 0 Å². The fourth-order valence-electron chi connectivity index (χ4n) is 2.99. The molecule has 0 radical (unpaired) electrons. The van der Waals surface area contributed by atoms with Crippen LogP contribution in [0, 0.1) is 0 Å². The number of alkyl halides is 1. The molecule has 2 unspecified atom stereocenters. The van der Waals surface area contributed by atoms with Crippen molar-refractivity contribution in [3.8, 4) is 0 Å². The van der Waals surface area contributed by atoms with Crippen LogP contribution in [0.4, 0.5) is 0 Å². The maximum atomic E-state index is 12.4. The molecule has 0 bridgehead atoms. The molecule has 0 N–H and O–H groups in total. The predicted molar refractivity (Wildman–Crippen MR) is 91.9 cm³/mol. The van der Waals surface area contributed by atoms with E-state index in [2.05, 4.69) is 44.0 Å². The van der Waals surface area contributed by atoms with Crippen LogP contribution in [0.1, 0.15) is 23.0 Å². The lowest BCUT2D eigenvalue weighted by molar-refractivity contribution is 0.589. The third-order valence-electron chi connectivity index (χ3n) is 3.98. The number of hydrogen-bond acceptors (Lipinski definition) is 2. The Morgan fingerprint density at radius 2 is 1.90 bits per heavy atom. The monoisotopic (exact) mass is 428 g/mol. The maximum absolute atomic E-state index is 12.4. The number of sulfone groups is 1. The van der Waals surface area contributed by atoms with Gasteiger partial charge in [0.1, 0.15) is 0 Å². The van der Waals surface area contributed by atoms with E-state index in [1.165, 1.54) is 0 Å². The number of hydrogen-bond donors (Lipinski definition) is 0. The molecule has 0 saturated heterocycles. The summed E-state index contributed by atoms with van der Waals surface area (Å²) in [4.78, 5) is 0.496. The predicted octanol–water partition coefficient (Wildman–Crippen LogP) is 4.50. The topological polar surface area (TPSA) is 34.1 Å². The molecule has 0 spiro atoms. The Bertz CT molecular complexity index is 771. The van der Waals surface area contributed by atoms with Gasteiger partial charge in [0.2, 0.25) is 0 Å². The van der Waals surface area contributed by atoms with Crippen LogP contribution in [0.15, 0.2) is 57.9 Å². The average molecular weight is 430 g/mol. The van der Waals surface area contributed by atoms with Crippen molar-refractivity contribution in [2.45, 2.75) is 16.7 Å². The molecule has 0 aromatic heterocycles. The quantitative estimate of drug-likeness (QED) is 0.673. The van der Waals surface area contributed by atoms with Gasteiger partial charge >= 0.3 is 0 Å². The summed E-state index contributed by atoms with van der Waals surface area (Å²) in [6, 6.07) is 15.5. The zero-order chi connectivity index (χ0) is 15.0. The number of benzene rings is 2. The summed E-state index contributed by atoms with van der Waals surface area (Å²) in [6.45, 7) is 0. The van der Waals surface area contributed by atoms with Gasteiger partial charge in [-0.3, -0.25) is 0 Å². The van der Waals surface area contributed by atoms with Gasteiger partial charge in [-0.2, -0.15) is 0 Å². The van der Waals surface area contributed by atoms with E-state index in [1.54, 1.807) is 12.1 Å². The Hall–Kier alpha value is -0.650. The van der Waals surface area contributed by atoms with Gasteiger partial charge < -0.3 is 0 Å². The summed E-state index contributed by atoms with van der Waals surface area (Å²) in [7, 11) is -3.16. The Morgan fingerprint density at radius 3 is 2.62 bits per heavy atom. The van der Waals surface area contributed by atoms with Gasteiger partial charge in [-0.15, -0.1) is 0 Å². The van der Waals surface area contributed by atoms with Crippen molar-refractivity contribution in [2.24, 2.45) is 0 Å². The van der Waals surface area contributed by atoms with Crippen LogP contribution in [0.25, 0.3) is 0 Å². The average Bonchev–Trinajstić information content (AvgIpc) is 2.73. The van der Waals surface area contributed by atoms with Gasteiger partial charge in [-0.1, -0.05) is 62.2 Å². The van der Waals surface area contributed by atoms with Gasteiger partial charge in [0.05, 0.1) is 10.6 Å². The van der Waals surface area contributed by atoms with Crippen molar-refractivity contribution >= 4 is 41.7 Å². The third kappa shape index (κ3) is 2.83. The highest BCUT2D eigenvalue weighted by molar-refractivity contribution is 9.10. The SMILES string of the molecule is O=S1(=O)CC(C(CBr)c2cccc(Br)c2)c2ccccc21. The summed E-state index contributed by atoms with van der Waals surface area (Å²) >= 11 is 7.06. The second-order valence-corrected chi connectivity index (χ2v) is 8.81. The van der Waals surface area contributed by atoms with Crippen LogP contribution in [0.2, 0.25) is 0 Å². The van der Waals surface area contributed by atoms with Crippen LogP contribution in [0.5, 0.6) is 0 Å². The van der Waals surface area contributed by atoms with E-state index >= 15 is 0 Å². The molecule has 2 aromatic rings. The second-order valence-electron chi connectivity index (χ2n) is 5.24.